The molecular formula is C21H31N5O3. The second-order valence-electron chi connectivity index (χ2n) is 7.78. The van der Waals surface area contributed by atoms with Crippen molar-refractivity contribution in [1.82, 2.24) is 15.2 Å². The number of nitrogens with zero attached hydrogens (tertiary/aromatic N) is 3. The molecule has 8 heteroatoms. The number of aromatic amines is 1. The lowest BCUT2D eigenvalue weighted by molar-refractivity contribution is 0.285. The first-order valence-corrected chi connectivity index (χ1v) is 9.92. The highest BCUT2D eigenvalue weighted by Gasteiger charge is 2.21. The molecular weight excluding hydrogens is 370 g/mol. The molecule has 1 aromatic heterocycles. The van der Waals surface area contributed by atoms with Gasteiger partial charge in [0.15, 0.2) is 17.3 Å². The van der Waals surface area contributed by atoms with Gasteiger partial charge < -0.3 is 9.47 Å². The van der Waals surface area contributed by atoms with Gasteiger partial charge in [-0.2, -0.15) is 15.2 Å². The SMILES string of the molecule is CCCCCCOc1ccc(/C=N/Nc2nc(=O)[nH]nc2C(C)(C)C)cc1OC. The van der Waals surface area contributed by atoms with Crippen LogP contribution in [-0.4, -0.2) is 35.1 Å². The van der Waals surface area contributed by atoms with E-state index in [0.29, 0.717) is 29.6 Å². The van der Waals surface area contributed by atoms with Crippen LogP contribution in [-0.2, 0) is 5.41 Å². The lowest BCUT2D eigenvalue weighted by Crippen LogP contribution is -2.24. The zero-order chi connectivity index (χ0) is 21.3. The molecule has 0 bridgehead atoms. The molecule has 0 aliphatic carbocycles. The maximum Gasteiger partial charge on any atom is 0.363 e. The predicted molar refractivity (Wildman–Crippen MR) is 115 cm³/mol. The summed E-state index contributed by atoms with van der Waals surface area (Å²) in [4.78, 5) is 15.4. The summed E-state index contributed by atoms with van der Waals surface area (Å²) in [6, 6.07) is 5.61. The smallest absolute Gasteiger partial charge is 0.363 e. The largest absolute Gasteiger partial charge is 0.493 e. The van der Waals surface area contributed by atoms with Crippen molar-refractivity contribution in [3.05, 3.63) is 39.9 Å². The molecule has 0 atom stereocenters. The number of rotatable bonds is 10. The van der Waals surface area contributed by atoms with Crippen LogP contribution in [0.2, 0.25) is 0 Å². The number of benzene rings is 1. The third-order valence-electron chi connectivity index (χ3n) is 4.24. The summed E-state index contributed by atoms with van der Waals surface area (Å²) >= 11 is 0. The molecule has 1 heterocycles. The zero-order valence-electron chi connectivity index (χ0n) is 17.9. The molecule has 2 rings (SSSR count). The van der Waals surface area contributed by atoms with Crippen molar-refractivity contribution in [3.8, 4) is 11.5 Å². The van der Waals surface area contributed by atoms with Crippen LogP contribution in [0.25, 0.3) is 0 Å². The topological polar surface area (TPSA) is 101 Å². The molecule has 0 fully saturated rings. The Balaban J connectivity index is 2.06. The highest BCUT2D eigenvalue weighted by molar-refractivity contribution is 5.81. The van der Waals surface area contributed by atoms with Crippen molar-refractivity contribution in [3.63, 3.8) is 0 Å². The van der Waals surface area contributed by atoms with Gasteiger partial charge in [-0.3, -0.25) is 5.43 Å². The number of aromatic nitrogens is 3. The number of hydrazone groups is 1. The summed E-state index contributed by atoms with van der Waals surface area (Å²) in [6.45, 7) is 8.80. The highest BCUT2D eigenvalue weighted by atomic mass is 16.5. The van der Waals surface area contributed by atoms with Gasteiger partial charge in [0.1, 0.15) is 5.69 Å². The van der Waals surface area contributed by atoms with Crippen molar-refractivity contribution in [2.75, 3.05) is 19.1 Å². The standard InChI is InChI=1S/C21H31N5O3/c1-6-7-8-9-12-29-16-11-10-15(13-17(16)28-5)14-22-25-19-18(21(2,3)4)24-26-20(27)23-19/h10-11,13-14H,6-9,12H2,1-5H3,(H2,23,25,26,27)/b22-14+. The molecule has 1 aromatic carbocycles. The van der Waals surface area contributed by atoms with Gasteiger partial charge in [0.2, 0.25) is 0 Å². The van der Waals surface area contributed by atoms with E-state index >= 15 is 0 Å². The monoisotopic (exact) mass is 401 g/mol. The van der Waals surface area contributed by atoms with E-state index in [1.54, 1.807) is 13.3 Å². The van der Waals surface area contributed by atoms with Crippen molar-refractivity contribution >= 4 is 12.0 Å². The normalized spacial score (nSPS) is 11.6. The van der Waals surface area contributed by atoms with Gasteiger partial charge in [-0.1, -0.05) is 47.0 Å². The lowest BCUT2D eigenvalue weighted by Gasteiger charge is -2.18. The minimum atomic E-state index is -0.530. The number of ether oxygens (including phenoxy) is 2. The highest BCUT2D eigenvalue weighted by Crippen LogP contribution is 2.28. The van der Waals surface area contributed by atoms with Crippen LogP contribution in [0.15, 0.2) is 28.1 Å². The van der Waals surface area contributed by atoms with Crippen LogP contribution < -0.4 is 20.6 Å². The molecule has 0 aliphatic heterocycles. The first-order chi connectivity index (χ1) is 13.8. The van der Waals surface area contributed by atoms with Crippen molar-refractivity contribution in [2.45, 2.75) is 58.8 Å². The molecule has 0 spiro atoms. The number of unbranched alkanes of at least 4 members (excludes halogenated alkanes) is 3. The molecule has 0 unspecified atom stereocenters. The van der Waals surface area contributed by atoms with Gasteiger partial charge in [0, 0.05) is 5.41 Å². The second kappa shape index (κ2) is 10.6. The molecule has 0 saturated carbocycles. The third-order valence-corrected chi connectivity index (χ3v) is 4.24. The van der Waals surface area contributed by atoms with Gasteiger partial charge in [-0.15, -0.1) is 0 Å². The van der Waals surface area contributed by atoms with Gasteiger partial charge >= 0.3 is 5.69 Å². The summed E-state index contributed by atoms with van der Waals surface area (Å²) < 4.78 is 11.3. The Bertz CT molecular complexity index is 871. The minimum absolute atomic E-state index is 0.297. The Hall–Kier alpha value is -2.90. The molecule has 0 radical (unpaired) electrons. The first-order valence-electron chi connectivity index (χ1n) is 9.92. The molecule has 0 amide bonds. The third kappa shape index (κ3) is 6.89. The van der Waals surface area contributed by atoms with Gasteiger partial charge in [-0.05, 0) is 30.2 Å². The van der Waals surface area contributed by atoms with Crippen LogP contribution in [0.1, 0.15) is 64.6 Å². The van der Waals surface area contributed by atoms with Gasteiger partial charge in [0.05, 0.1) is 19.9 Å². The van der Waals surface area contributed by atoms with E-state index in [-0.39, 0.29) is 5.41 Å². The van der Waals surface area contributed by atoms with Crippen molar-refractivity contribution < 1.29 is 9.47 Å². The number of H-pyrrole nitrogens is 1. The molecule has 8 nitrogen and oxygen atoms in total. The van der Waals surface area contributed by atoms with E-state index in [2.05, 4.69) is 32.6 Å². The van der Waals surface area contributed by atoms with Crippen LogP contribution in [0.5, 0.6) is 11.5 Å². The number of hydrogen-bond acceptors (Lipinski definition) is 7. The number of hydrogen-bond donors (Lipinski definition) is 2. The van der Waals surface area contributed by atoms with Crippen molar-refractivity contribution in [1.29, 1.82) is 0 Å². The fourth-order valence-electron chi connectivity index (χ4n) is 2.70. The van der Waals surface area contributed by atoms with Crippen LogP contribution in [0, 0.1) is 0 Å². The molecule has 158 valence electrons. The second-order valence-corrected chi connectivity index (χ2v) is 7.78. The fourth-order valence-corrected chi connectivity index (χ4v) is 2.70. The van der Waals surface area contributed by atoms with E-state index < -0.39 is 5.69 Å². The maximum atomic E-state index is 11.5. The molecule has 2 N–H and O–H groups in total. The molecule has 0 aliphatic rings. The number of anilines is 1. The zero-order valence-corrected chi connectivity index (χ0v) is 17.9. The number of nitrogens with one attached hydrogen (secondary N) is 2. The van der Waals surface area contributed by atoms with E-state index in [4.69, 9.17) is 9.47 Å². The number of methoxy groups -OCH3 is 1. The van der Waals surface area contributed by atoms with E-state index in [0.717, 1.165) is 18.4 Å². The molecule has 2 aromatic rings. The Morgan fingerprint density at radius 3 is 2.69 bits per heavy atom. The van der Waals surface area contributed by atoms with Crippen LogP contribution >= 0.6 is 0 Å². The van der Waals surface area contributed by atoms with E-state index in [9.17, 15) is 4.79 Å². The quantitative estimate of drug-likeness (QED) is 0.356. The Morgan fingerprint density at radius 2 is 2.00 bits per heavy atom. The minimum Gasteiger partial charge on any atom is -0.493 e. The van der Waals surface area contributed by atoms with Gasteiger partial charge in [0.25, 0.3) is 0 Å². The van der Waals surface area contributed by atoms with Crippen molar-refractivity contribution in [2.24, 2.45) is 5.10 Å². The Morgan fingerprint density at radius 1 is 1.21 bits per heavy atom. The molecule has 29 heavy (non-hydrogen) atoms. The summed E-state index contributed by atoms with van der Waals surface area (Å²) in [6.07, 6.45) is 6.24. The fraction of sp³-hybridized carbons (Fsp3) is 0.524. The average Bonchev–Trinajstić information content (AvgIpc) is 2.67. The summed E-state index contributed by atoms with van der Waals surface area (Å²) in [7, 11) is 1.61. The van der Waals surface area contributed by atoms with Crippen LogP contribution in [0.4, 0.5) is 5.82 Å². The Labute approximate surface area is 171 Å². The van der Waals surface area contributed by atoms with E-state index in [1.165, 1.54) is 12.8 Å². The summed E-state index contributed by atoms with van der Waals surface area (Å²) in [5.74, 6) is 1.69. The first kappa shape index (κ1) is 22.4. The summed E-state index contributed by atoms with van der Waals surface area (Å²) in [5, 5.41) is 10.7. The average molecular weight is 402 g/mol. The van der Waals surface area contributed by atoms with Gasteiger partial charge in [-0.25, -0.2) is 9.89 Å². The maximum absolute atomic E-state index is 11.5. The Kier molecular flexibility index (Phi) is 8.18. The van der Waals surface area contributed by atoms with E-state index in [1.807, 2.05) is 39.0 Å². The van der Waals surface area contributed by atoms with Crippen LogP contribution in [0.3, 0.4) is 0 Å². The summed E-state index contributed by atoms with van der Waals surface area (Å²) in [5.41, 5.74) is 3.44. The predicted octanol–water partition coefficient (Wildman–Crippen LogP) is 3.88. The lowest BCUT2D eigenvalue weighted by atomic mass is 9.92. The molecule has 0 saturated heterocycles.